The number of likely N-dealkylation sites (N-methyl/N-ethyl adjacent to an activating group) is 4. The summed E-state index contributed by atoms with van der Waals surface area (Å²) >= 11 is 6.09. The number of hydrogen-bond acceptors (Lipinski definition) is 22. The molecule has 0 bridgehead atoms. The Morgan fingerprint density at radius 1 is 0.514 bits per heavy atom. The number of alkyl carbamates (subject to hydrolysis) is 2. The Labute approximate surface area is 626 Å². The van der Waals surface area contributed by atoms with Gasteiger partial charge in [0.2, 0.25) is 11.7 Å². The van der Waals surface area contributed by atoms with Gasteiger partial charge in [-0.25, -0.2) is 24.4 Å². The second-order valence-electron chi connectivity index (χ2n) is 25.6. The molecule has 4 aliphatic rings. The number of para-hydroxylation sites is 4. The fourth-order valence-electron chi connectivity index (χ4n) is 10.3. The largest absolute Gasteiger partial charge is 0.488 e. The average Bonchev–Trinajstić information content (AvgIpc) is 1.71. The molecule has 0 saturated carbocycles. The first-order chi connectivity index (χ1) is 50.4. The van der Waals surface area contributed by atoms with Crippen molar-refractivity contribution in [2.45, 2.75) is 89.8 Å². The van der Waals surface area contributed by atoms with Crippen molar-refractivity contribution in [3.63, 3.8) is 0 Å². The highest BCUT2D eigenvalue weighted by molar-refractivity contribution is 6.32. The van der Waals surface area contributed by atoms with E-state index in [1.54, 1.807) is 143 Å². The Morgan fingerprint density at radius 2 is 0.850 bits per heavy atom. The Kier molecular flexibility index (Phi) is 27.8. The Bertz CT molecular complexity index is 4680. The van der Waals surface area contributed by atoms with Crippen LogP contribution in [0.2, 0.25) is 5.02 Å². The van der Waals surface area contributed by atoms with E-state index in [0.717, 1.165) is 11.1 Å². The molecule has 107 heavy (non-hydrogen) atoms. The summed E-state index contributed by atoms with van der Waals surface area (Å²) in [6.45, 7) is 10.3. The van der Waals surface area contributed by atoms with Gasteiger partial charge in [-0.2, -0.15) is 15.8 Å². The monoisotopic (exact) mass is 1500 g/mol. The van der Waals surface area contributed by atoms with Gasteiger partial charge in [0, 0.05) is 41.0 Å². The number of hydrogen-bond donors (Lipinski definition) is 7. The van der Waals surface area contributed by atoms with Crippen molar-refractivity contribution < 1.29 is 71.9 Å². The van der Waals surface area contributed by atoms with Gasteiger partial charge in [0.05, 0.1) is 44.5 Å². The third kappa shape index (κ3) is 21.6. The molecule has 34 heteroatoms. The summed E-state index contributed by atoms with van der Waals surface area (Å²) in [7, 11) is 6.37. The van der Waals surface area contributed by atoms with Crippen molar-refractivity contribution in [3.05, 3.63) is 190 Å². The second-order valence-corrected chi connectivity index (χ2v) is 26.0. The molecule has 6 heterocycles. The number of carbonyl (C=O) groups is 8. The van der Waals surface area contributed by atoms with Crippen LogP contribution in [0.5, 0.6) is 23.0 Å². The molecule has 0 fully saturated rings. The molecule has 12 rings (SSSR count). The molecule has 7 amide bonds. The van der Waals surface area contributed by atoms with Gasteiger partial charge in [-0.05, 0) is 101 Å². The highest BCUT2D eigenvalue weighted by Gasteiger charge is 2.37. The van der Waals surface area contributed by atoms with E-state index in [-0.39, 0.29) is 74.1 Å². The minimum atomic E-state index is -1.12. The SMILES string of the molecule is CN1C(=O)[C@@H](N)COc2c(C#N)cccc21.CN1C(=O)[C@@H](NC(=O)OC(C)(C)C)COc2c(C#N)cccc21.CN1C(=O)[C@@H](NC(=O)OC(C)(C)C)COc2c(Cl)cccc21.CN1C(=O)[C@@H](NC(=O)c2n[nH]c(Cc3ccccc3)n2)COc2c(C#N)cccc21.Cl.O=C(O)c1n[nH]c(Cc2ccccc2)n1. The van der Waals surface area contributed by atoms with Crippen molar-refractivity contribution in [2.24, 2.45) is 5.73 Å². The second kappa shape index (κ2) is 36.5. The number of benzene rings is 6. The molecule has 0 aliphatic carbocycles. The van der Waals surface area contributed by atoms with Crippen LogP contribution in [0.1, 0.15) is 102 Å². The molecule has 4 atom stereocenters. The van der Waals surface area contributed by atoms with Crippen molar-refractivity contribution >= 4 is 94.4 Å². The van der Waals surface area contributed by atoms with Gasteiger partial charge in [0.15, 0.2) is 23.0 Å². The molecule has 0 unspecified atom stereocenters. The van der Waals surface area contributed by atoms with E-state index in [9.17, 15) is 43.6 Å². The Hall–Kier alpha value is -12.8. The summed E-state index contributed by atoms with van der Waals surface area (Å²) in [5.41, 5.74) is 9.58. The standard InChI is InChI=1S/C21H18N6O3.C16H19N3O4.C15H19ClN2O4.C11H11N3O2.C10H9N3O2.ClH/c1-27-16-9-5-8-14(11-22)18(16)30-12-15(21(27)29)23-20(28)19-24-17(25-26-19)10-13-6-3-2-4-7-13;1-16(2,3)23-15(21)18-11-9-22-13-10(8-17)6-5-7-12(13)19(4)14(11)20;1-15(2,3)22-14(20)17-10-8-21-12-9(16)6-5-7-11(12)18(4)13(10)19;1-14-9-4-2-3-7(5-12)10(9)16-6-8(13)11(14)15;14-10(15)9-11-8(12-13-9)6-7-4-2-1-3-5-7;/h2-9,15H,10,12H2,1H3,(H,23,28)(H,24,25,26);5-7,11H,9H2,1-4H3,(H,18,21);5-7,10H,8H2,1-4H3,(H,17,20);2-4,8H,6,13H2,1H3;1-5H,6H2,(H,14,15)(H,11,12,13);1H/t15-;11-;10-;8-;;/m0000../s1. The van der Waals surface area contributed by atoms with Crippen LogP contribution in [0.3, 0.4) is 0 Å². The van der Waals surface area contributed by atoms with Crippen molar-refractivity contribution in [1.82, 2.24) is 46.3 Å². The number of carbonyl (C=O) groups excluding carboxylic acids is 7. The Balaban J connectivity index is 0.000000190. The van der Waals surface area contributed by atoms with Crippen molar-refractivity contribution in [2.75, 3.05) is 74.2 Å². The molecule has 8 aromatic rings. The number of nitrogens with two attached hydrogens (primary N) is 1. The fraction of sp³-hybridized carbons (Fsp3) is 0.301. The Morgan fingerprint density at radius 3 is 1.22 bits per heavy atom. The number of ether oxygens (including phenoxy) is 6. The maximum atomic E-state index is 12.8. The van der Waals surface area contributed by atoms with Crippen LogP contribution < -0.4 is 60.2 Å². The first-order valence-corrected chi connectivity index (χ1v) is 32.9. The quantitative estimate of drug-likeness (QED) is 0.0732. The number of amides is 7. The lowest BCUT2D eigenvalue weighted by molar-refractivity contribution is -0.121. The number of aromatic amines is 2. The smallest absolute Gasteiger partial charge is 0.408 e. The average molecular weight is 1500 g/mol. The lowest BCUT2D eigenvalue weighted by atomic mass is 10.1. The predicted molar refractivity (Wildman–Crippen MR) is 392 cm³/mol. The molecule has 0 saturated heterocycles. The summed E-state index contributed by atoms with van der Waals surface area (Å²) < 4.78 is 32.6. The van der Waals surface area contributed by atoms with Crippen LogP contribution in [-0.4, -0.2) is 173 Å². The molecule has 32 nitrogen and oxygen atoms in total. The number of halogens is 2. The van der Waals surface area contributed by atoms with E-state index in [0.29, 0.717) is 92.0 Å². The van der Waals surface area contributed by atoms with E-state index in [1.165, 1.54) is 19.6 Å². The number of nitriles is 3. The minimum absolute atomic E-state index is 0. The summed E-state index contributed by atoms with van der Waals surface area (Å²) in [5.74, 6) is -0.591. The van der Waals surface area contributed by atoms with Gasteiger partial charge in [0.25, 0.3) is 29.5 Å². The summed E-state index contributed by atoms with van der Waals surface area (Å²) in [6, 6.07) is 42.2. The van der Waals surface area contributed by atoms with Crippen LogP contribution in [0.4, 0.5) is 32.3 Å². The van der Waals surface area contributed by atoms with Crippen LogP contribution in [0.15, 0.2) is 133 Å². The molecular formula is C73H77Cl2N17O15. The summed E-state index contributed by atoms with van der Waals surface area (Å²) in [5, 5.41) is 56.9. The maximum absolute atomic E-state index is 12.8. The first kappa shape index (κ1) is 81.5. The van der Waals surface area contributed by atoms with E-state index < -0.39 is 59.4 Å². The fourth-order valence-corrected chi connectivity index (χ4v) is 10.6. The van der Waals surface area contributed by atoms with Gasteiger partial charge in [-0.15, -0.1) is 22.6 Å². The van der Waals surface area contributed by atoms with Crippen LogP contribution >= 0.6 is 24.0 Å². The number of anilines is 4. The molecular weight excluding hydrogens is 1430 g/mol. The number of H-pyrrole nitrogens is 2. The molecule has 4 aliphatic heterocycles. The van der Waals surface area contributed by atoms with Crippen LogP contribution in [0.25, 0.3) is 0 Å². The number of aromatic nitrogens is 6. The first-order valence-electron chi connectivity index (χ1n) is 32.6. The molecule has 0 radical (unpaired) electrons. The maximum Gasteiger partial charge on any atom is 0.408 e. The minimum Gasteiger partial charge on any atom is -0.488 e. The molecule has 6 aromatic carbocycles. The summed E-state index contributed by atoms with van der Waals surface area (Å²) in [4.78, 5) is 110. The van der Waals surface area contributed by atoms with E-state index >= 15 is 0 Å². The van der Waals surface area contributed by atoms with E-state index in [2.05, 4.69) is 46.3 Å². The van der Waals surface area contributed by atoms with Crippen LogP contribution in [-0.2, 0) is 41.5 Å². The van der Waals surface area contributed by atoms with Crippen LogP contribution in [0, 0.1) is 34.0 Å². The zero-order chi connectivity index (χ0) is 77.2. The lowest BCUT2D eigenvalue weighted by Crippen LogP contribution is -2.50. The number of carboxylic acids is 1. The predicted octanol–water partition coefficient (Wildman–Crippen LogP) is 7.57. The lowest BCUT2D eigenvalue weighted by Gasteiger charge is -2.23. The van der Waals surface area contributed by atoms with Crippen molar-refractivity contribution in [1.29, 1.82) is 15.8 Å². The highest BCUT2D eigenvalue weighted by Crippen LogP contribution is 2.39. The van der Waals surface area contributed by atoms with Gasteiger partial charge in [0.1, 0.15) is 91.7 Å². The van der Waals surface area contributed by atoms with Crippen molar-refractivity contribution in [3.8, 4) is 41.2 Å². The highest BCUT2D eigenvalue weighted by atomic mass is 35.5. The summed E-state index contributed by atoms with van der Waals surface area (Å²) in [6.07, 6.45) is -0.304. The number of nitrogens with zero attached hydrogens (tertiary/aromatic N) is 11. The van der Waals surface area contributed by atoms with Gasteiger partial charge in [-0.1, -0.05) is 96.5 Å². The number of fused-ring (bicyclic) bond motifs is 4. The number of aromatic carboxylic acids is 1. The topological polar surface area (TPSA) is 442 Å². The third-order valence-electron chi connectivity index (χ3n) is 15.4. The molecule has 2 aromatic heterocycles. The van der Waals surface area contributed by atoms with E-state index in [1.807, 2.05) is 78.9 Å². The molecule has 558 valence electrons. The number of rotatable bonds is 9. The number of carboxylic acid groups (broad SMARTS) is 1. The van der Waals surface area contributed by atoms with E-state index in [4.69, 9.17) is 61.4 Å². The van der Waals surface area contributed by atoms with Gasteiger partial charge < -0.3 is 74.8 Å². The zero-order valence-electron chi connectivity index (χ0n) is 59.7. The van der Waals surface area contributed by atoms with Gasteiger partial charge in [-0.3, -0.25) is 34.2 Å². The normalized spacial score (nSPS) is 16.2. The molecule has 0 spiro atoms. The molecule has 8 N–H and O–H groups in total. The van der Waals surface area contributed by atoms with Gasteiger partial charge >= 0.3 is 18.2 Å². The third-order valence-corrected chi connectivity index (χ3v) is 15.7. The number of nitrogens with one attached hydrogen (secondary N) is 5. The zero-order valence-corrected chi connectivity index (χ0v) is 61.3.